The SMILES string of the molecule is OCC(O)CNc1cc(-c2ccccc2)nc2ccccc12. The molecule has 4 nitrogen and oxygen atoms in total. The van der Waals surface area contributed by atoms with Gasteiger partial charge in [0.05, 0.1) is 23.9 Å². The fourth-order valence-corrected chi connectivity index (χ4v) is 2.37. The molecule has 1 unspecified atom stereocenters. The summed E-state index contributed by atoms with van der Waals surface area (Å²) in [6.07, 6.45) is -0.785. The maximum atomic E-state index is 9.55. The second-order valence-electron chi connectivity index (χ2n) is 5.16. The van der Waals surface area contributed by atoms with Crippen molar-refractivity contribution in [1.29, 1.82) is 0 Å². The summed E-state index contributed by atoms with van der Waals surface area (Å²) in [5.41, 5.74) is 3.71. The van der Waals surface area contributed by atoms with Crippen LogP contribution in [0.25, 0.3) is 22.2 Å². The van der Waals surface area contributed by atoms with Crippen molar-refractivity contribution < 1.29 is 10.2 Å². The number of para-hydroxylation sites is 1. The van der Waals surface area contributed by atoms with E-state index in [1.165, 1.54) is 0 Å². The number of fused-ring (bicyclic) bond motifs is 1. The van der Waals surface area contributed by atoms with Crippen LogP contribution < -0.4 is 5.32 Å². The highest BCUT2D eigenvalue weighted by Gasteiger charge is 2.08. The molecule has 1 heterocycles. The molecule has 0 bridgehead atoms. The van der Waals surface area contributed by atoms with Crippen LogP contribution in [-0.4, -0.2) is 34.5 Å². The van der Waals surface area contributed by atoms with E-state index in [2.05, 4.69) is 5.32 Å². The van der Waals surface area contributed by atoms with Gasteiger partial charge in [0.1, 0.15) is 0 Å². The average molecular weight is 294 g/mol. The highest BCUT2D eigenvalue weighted by Crippen LogP contribution is 2.28. The van der Waals surface area contributed by atoms with Crippen molar-refractivity contribution in [2.75, 3.05) is 18.5 Å². The molecule has 0 fully saturated rings. The summed E-state index contributed by atoms with van der Waals surface area (Å²) >= 11 is 0. The average Bonchev–Trinajstić information content (AvgIpc) is 2.59. The van der Waals surface area contributed by atoms with E-state index in [1.54, 1.807) is 0 Å². The first-order valence-electron chi connectivity index (χ1n) is 7.26. The first kappa shape index (κ1) is 14.5. The van der Waals surface area contributed by atoms with E-state index < -0.39 is 6.10 Å². The Bertz CT molecular complexity index is 759. The van der Waals surface area contributed by atoms with Crippen LogP contribution in [0.1, 0.15) is 0 Å². The van der Waals surface area contributed by atoms with Gasteiger partial charge in [0.25, 0.3) is 0 Å². The van der Waals surface area contributed by atoms with Gasteiger partial charge in [-0.2, -0.15) is 0 Å². The number of hydrogen-bond acceptors (Lipinski definition) is 4. The molecule has 3 rings (SSSR count). The van der Waals surface area contributed by atoms with Crippen LogP contribution >= 0.6 is 0 Å². The Labute approximate surface area is 129 Å². The summed E-state index contributed by atoms with van der Waals surface area (Å²) in [4.78, 5) is 4.70. The quantitative estimate of drug-likeness (QED) is 0.677. The standard InChI is InChI=1S/C18H18N2O2/c21-12-14(22)11-19-18-10-17(13-6-2-1-3-7-13)20-16-9-5-4-8-15(16)18/h1-10,14,21-22H,11-12H2,(H,19,20). The lowest BCUT2D eigenvalue weighted by atomic mass is 10.1. The number of nitrogens with one attached hydrogen (secondary N) is 1. The molecule has 0 aliphatic carbocycles. The maximum Gasteiger partial charge on any atom is 0.0942 e. The second kappa shape index (κ2) is 6.56. The third-order valence-corrected chi connectivity index (χ3v) is 3.52. The summed E-state index contributed by atoms with van der Waals surface area (Å²) in [6, 6.07) is 19.8. The zero-order valence-corrected chi connectivity index (χ0v) is 12.1. The van der Waals surface area contributed by atoms with E-state index in [9.17, 15) is 5.11 Å². The Morgan fingerprint density at radius 2 is 1.73 bits per heavy atom. The second-order valence-corrected chi connectivity index (χ2v) is 5.16. The number of hydrogen-bond donors (Lipinski definition) is 3. The number of nitrogens with zero attached hydrogens (tertiary/aromatic N) is 1. The number of pyridine rings is 1. The molecule has 0 saturated carbocycles. The van der Waals surface area contributed by atoms with Crippen LogP contribution in [0.2, 0.25) is 0 Å². The molecule has 0 aliphatic heterocycles. The number of anilines is 1. The van der Waals surface area contributed by atoms with Gasteiger partial charge in [0.2, 0.25) is 0 Å². The van der Waals surface area contributed by atoms with Crippen molar-refractivity contribution in [3.63, 3.8) is 0 Å². The first-order valence-corrected chi connectivity index (χ1v) is 7.26. The summed E-state index contributed by atoms with van der Waals surface area (Å²) in [5, 5.41) is 22.7. The molecule has 22 heavy (non-hydrogen) atoms. The molecule has 1 aromatic heterocycles. The molecule has 112 valence electrons. The number of aliphatic hydroxyl groups excluding tert-OH is 2. The van der Waals surface area contributed by atoms with E-state index in [0.29, 0.717) is 6.54 Å². The summed E-state index contributed by atoms with van der Waals surface area (Å²) < 4.78 is 0. The predicted octanol–water partition coefficient (Wildman–Crippen LogP) is 2.67. The minimum absolute atomic E-state index is 0.262. The molecule has 3 aromatic rings. The van der Waals surface area contributed by atoms with Gasteiger partial charge < -0.3 is 15.5 Å². The number of benzene rings is 2. The van der Waals surface area contributed by atoms with Crippen LogP contribution in [0.3, 0.4) is 0 Å². The van der Waals surface area contributed by atoms with Gasteiger partial charge in [-0.05, 0) is 12.1 Å². The molecule has 0 saturated heterocycles. The summed E-state index contributed by atoms with van der Waals surface area (Å²) in [7, 11) is 0. The van der Waals surface area contributed by atoms with Gasteiger partial charge >= 0.3 is 0 Å². The van der Waals surface area contributed by atoms with Crippen LogP contribution in [-0.2, 0) is 0 Å². The summed E-state index contributed by atoms with van der Waals surface area (Å²) in [6.45, 7) is 0.0281. The zero-order valence-electron chi connectivity index (χ0n) is 12.1. The van der Waals surface area contributed by atoms with Crippen molar-refractivity contribution in [2.24, 2.45) is 0 Å². The smallest absolute Gasteiger partial charge is 0.0942 e. The third kappa shape index (κ3) is 3.08. The molecule has 0 amide bonds. The van der Waals surface area contributed by atoms with E-state index >= 15 is 0 Å². The van der Waals surface area contributed by atoms with E-state index in [4.69, 9.17) is 10.1 Å². The van der Waals surface area contributed by atoms with Gasteiger partial charge in [-0.25, -0.2) is 4.98 Å². The Morgan fingerprint density at radius 3 is 2.50 bits per heavy atom. The number of aromatic nitrogens is 1. The topological polar surface area (TPSA) is 65.4 Å². The van der Waals surface area contributed by atoms with E-state index in [-0.39, 0.29) is 6.61 Å². The third-order valence-electron chi connectivity index (χ3n) is 3.52. The summed E-state index contributed by atoms with van der Waals surface area (Å²) in [5.74, 6) is 0. The zero-order chi connectivity index (χ0) is 15.4. The van der Waals surface area contributed by atoms with Crippen LogP contribution in [0.5, 0.6) is 0 Å². The molecular formula is C18H18N2O2. The number of aliphatic hydroxyl groups is 2. The lowest BCUT2D eigenvalue weighted by Crippen LogP contribution is -2.23. The fraction of sp³-hybridized carbons (Fsp3) is 0.167. The van der Waals surface area contributed by atoms with Gasteiger partial charge in [0.15, 0.2) is 0 Å². The lowest BCUT2D eigenvalue weighted by molar-refractivity contribution is 0.105. The minimum Gasteiger partial charge on any atom is -0.394 e. The highest BCUT2D eigenvalue weighted by molar-refractivity contribution is 5.93. The molecule has 0 aliphatic rings. The Kier molecular flexibility index (Phi) is 4.32. The van der Waals surface area contributed by atoms with Crippen LogP contribution in [0, 0.1) is 0 Å². The fourth-order valence-electron chi connectivity index (χ4n) is 2.37. The van der Waals surface area contributed by atoms with Crippen molar-refractivity contribution in [1.82, 2.24) is 4.98 Å². The molecule has 1 atom stereocenters. The van der Waals surface area contributed by atoms with Gasteiger partial charge in [-0.1, -0.05) is 48.5 Å². The van der Waals surface area contributed by atoms with Crippen LogP contribution in [0.15, 0.2) is 60.7 Å². The van der Waals surface area contributed by atoms with Gasteiger partial charge in [-0.3, -0.25) is 0 Å². The predicted molar refractivity (Wildman–Crippen MR) is 88.8 cm³/mol. The van der Waals surface area contributed by atoms with Crippen molar-refractivity contribution in [3.8, 4) is 11.3 Å². The van der Waals surface area contributed by atoms with Crippen LogP contribution in [0.4, 0.5) is 5.69 Å². The highest BCUT2D eigenvalue weighted by atomic mass is 16.3. The van der Waals surface area contributed by atoms with E-state index in [0.717, 1.165) is 27.8 Å². The van der Waals surface area contributed by atoms with Crippen molar-refractivity contribution in [2.45, 2.75) is 6.10 Å². The molecule has 0 spiro atoms. The van der Waals surface area contributed by atoms with Gasteiger partial charge in [-0.15, -0.1) is 0 Å². The normalized spacial score (nSPS) is 12.3. The molecule has 3 N–H and O–H groups in total. The Morgan fingerprint density at radius 1 is 1.00 bits per heavy atom. The molecule has 0 radical (unpaired) electrons. The maximum absolute atomic E-state index is 9.55. The number of rotatable bonds is 5. The Hall–Kier alpha value is -2.43. The van der Waals surface area contributed by atoms with Crippen molar-refractivity contribution in [3.05, 3.63) is 60.7 Å². The first-order chi connectivity index (χ1) is 10.8. The monoisotopic (exact) mass is 294 g/mol. The minimum atomic E-state index is -0.785. The van der Waals surface area contributed by atoms with Crippen molar-refractivity contribution >= 4 is 16.6 Å². The largest absolute Gasteiger partial charge is 0.394 e. The van der Waals surface area contributed by atoms with Gasteiger partial charge in [0, 0.05) is 23.2 Å². The van der Waals surface area contributed by atoms with E-state index in [1.807, 2.05) is 60.7 Å². The molecular weight excluding hydrogens is 276 g/mol. The molecule has 4 heteroatoms. The molecule has 2 aromatic carbocycles. The Balaban J connectivity index is 2.04. The lowest BCUT2D eigenvalue weighted by Gasteiger charge is -2.14.